The lowest BCUT2D eigenvalue weighted by molar-refractivity contribution is 0.1000. The first-order valence-electron chi connectivity index (χ1n) is 8.18. The number of hydrogen-bond acceptors (Lipinski definition) is 2. The van der Waals surface area contributed by atoms with Crippen LogP contribution >= 0.6 is 11.6 Å². The molecule has 0 heterocycles. The van der Waals surface area contributed by atoms with E-state index in [-0.39, 0.29) is 6.04 Å². The molecule has 0 amide bonds. The van der Waals surface area contributed by atoms with Crippen LogP contribution in [0.25, 0.3) is 0 Å². The summed E-state index contributed by atoms with van der Waals surface area (Å²) in [7, 11) is 0. The van der Waals surface area contributed by atoms with E-state index in [0.717, 1.165) is 53.9 Å². The average Bonchev–Trinajstić information content (AvgIpc) is 2.40. The molecular formula is C18H28ClNO. The van der Waals surface area contributed by atoms with E-state index in [1.165, 1.54) is 6.42 Å². The molecule has 1 aliphatic carbocycles. The molecule has 0 radical (unpaired) electrons. The molecule has 3 unspecified atom stereocenters. The minimum absolute atomic E-state index is 0.162. The maximum Gasteiger partial charge on any atom is 0.123 e. The molecule has 0 saturated heterocycles. The molecule has 2 nitrogen and oxygen atoms in total. The van der Waals surface area contributed by atoms with E-state index in [4.69, 9.17) is 22.1 Å². The highest BCUT2D eigenvalue weighted by Gasteiger charge is 2.26. The van der Waals surface area contributed by atoms with Gasteiger partial charge in [-0.15, -0.1) is 0 Å². The van der Waals surface area contributed by atoms with Gasteiger partial charge >= 0.3 is 0 Å². The van der Waals surface area contributed by atoms with Gasteiger partial charge in [0.15, 0.2) is 0 Å². The van der Waals surface area contributed by atoms with Crippen LogP contribution in [0, 0.1) is 11.8 Å². The van der Waals surface area contributed by atoms with Crippen molar-refractivity contribution in [1.29, 1.82) is 0 Å². The minimum atomic E-state index is 0.162. The maximum atomic E-state index is 6.31. The van der Waals surface area contributed by atoms with Crippen molar-refractivity contribution < 1.29 is 4.74 Å². The van der Waals surface area contributed by atoms with Crippen LogP contribution in [-0.2, 0) is 6.42 Å². The van der Waals surface area contributed by atoms with Crippen molar-refractivity contribution >= 4 is 11.6 Å². The molecule has 0 aliphatic heterocycles. The predicted octanol–water partition coefficient (Wildman–Crippen LogP) is 4.82. The molecule has 1 aliphatic rings. The van der Waals surface area contributed by atoms with Gasteiger partial charge in [0.05, 0.1) is 6.10 Å². The van der Waals surface area contributed by atoms with E-state index in [0.29, 0.717) is 6.10 Å². The second-order valence-electron chi connectivity index (χ2n) is 6.78. The Morgan fingerprint density at radius 2 is 1.90 bits per heavy atom. The van der Waals surface area contributed by atoms with Gasteiger partial charge in [-0.2, -0.15) is 0 Å². The van der Waals surface area contributed by atoms with Crippen molar-refractivity contribution in [2.45, 2.75) is 65.0 Å². The molecule has 2 N–H and O–H groups in total. The first kappa shape index (κ1) is 16.6. The average molecular weight is 310 g/mol. The third-order valence-corrected chi connectivity index (χ3v) is 4.69. The predicted molar refractivity (Wildman–Crippen MR) is 90.0 cm³/mol. The highest BCUT2D eigenvalue weighted by Crippen LogP contribution is 2.33. The standard InChI is InChI=1S/C18H28ClNO/c1-4-16(20)11-14-10-15(19)5-6-18(14)21-17-8-12(2)7-13(3)9-17/h5-6,10,12-13,16-17H,4,7-9,11,20H2,1-3H3. The highest BCUT2D eigenvalue weighted by atomic mass is 35.5. The fourth-order valence-electron chi connectivity index (χ4n) is 3.40. The zero-order chi connectivity index (χ0) is 15.4. The molecule has 1 aromatic carbocycles. The Labute approximate surface area is 134 Å². The van der Waals surface area contributed by atoms with Crippen LogP contribution in [0.3, 0.4) is 0 Å². The lowest BCUT2D eigenvalue weighted by Gasteiger charge is -2.32. The summed E-state index contributed by atoms with van der Waals surface area (Å²) in [6.07, 6.45) is 5.71. The first-order chi connectivity index (χ1) is 9.97. The second kappa shape index (κ2) is 7.51. The third kappa shape index (κ3) is 4.89. The Bertz CT molecular complexity index is 453. The fourth-order valence-corrected chi connectivity index (χ4v) is 3.59. The topological polar surface area (TPSA) is 35.2 Å². The second-order valence-corrected chi connectivity index (χ2v) is 7.22. The van der Waals surface area contributed by atoms with Crippen molar-refractivity contribution in [3.8, 4) is 5.75 Å². The van der Waals surface area contributed by atoms with Crippen LogP contribution in [0.2, 0.25) is 5.02 Å². The summed E-state index contributed by atoms with van der Waals surface area (Å²) in [6.45, 7) is 6.75. The lowest BCUT2D eigenvalue weighted by Crippen LogP contribution is -2.29. The molecule has 3 heteroatoms. The van der Waals surface area contributed by atoms with E-state index >= 15 is 0 Å². The monoisotopic (exact) mass is 309 g/mol. The van der Waals surface area contributed by atoms with Crippen LogP contribution in [0.15, 0.2) is 18.2 Å². The largest absolute Gasteiger partial charge is 0.490 e. The Balaban J connectivity index is 2.11. The van der Waals surface area contributed by atoms with Crippen LogP contribution in [0.1, 0.15) is 52.0 Å². The van der Waals surface area contributed by atoms with E-state index in [1.807, 2.05) is 18.2 Å². The minimum Gasteiger partial charge on any atom is -0.490 e. The van der Waals surface area contributed by atoms with Gasteiger partial charge in [0.2, 0.25) is 0 Å². The zero-order valence-corrected chi connectivity index (χ0v) is 14.2. The van der Waals surface area contributed by atoms with Gasteiger partial charge < -0.3 is 10.5 Å². The van der Waals surface area contributed by atoms with Crippen molar-refractivity contribution in [2.24, 2.45) is 17.6 Å². The fraction of sp³-hybridized carbons (Fsp3) is 0.667. The Morgan fingerprint density at radius 3 is 2.52 bits per heavy atom. The summed E-state index contributed by atoms with van der Waals surface area (Å²) >= 11 is 6.14. The van der Waals surface area contributed by atoms with Crippen LogP contribution < -0.4 is 10.5 Å². The SMILES string of the molecule is CCC(N)Cc1cc(Cl)ccc1OC1CC(C)CC(C)C1. The molecule has 21 heavy (non-hydrogen) atoms. The summed E-state index contributed by atoms with van der Waals surface area (Å²) in [5, 5.41) is 0.756. The molecule has 1 aromatic rings. The lowest BCUT2D eigenvalue weighted by atomic mass is 9.82. The summed E-state index contributed by atoms with van der Waals surface area (Å²) < 4.78 is 6.31. The van der Waals surface area contributed by atoms with E-state index in [9.17, 15) is 0 Å². The number of hydrogen-bond donors (Lipinski definition) is 1. The number of halogens is 1. The van der Waals surface area contributed by atoms with Gasteiger partial charge in [-0.3, -0.25) is 0 Å². The Kier molecular flexibility index (Phi) is 5.95. The third-order valence-electron chi connectivity index (χ3n) is 4.46. The van der Waals surface area contributed by atoms with Crippen molar-refractivity contribution in [3.63, 3.8) is 0 Å². The van der Waals surface area contributed by atoms with Crippen LogP contribution in [0.4, 0.5) is 0 Å². The van der Waals surface area contributed by atoms with Gasteiger partial charge in [0.25, 0.3) is 0 Å². The molecule has 0 aromatic heterocycles. The molecule has 3 atom stereocenters. The Hall–Kier alpha value is -0.730. The van der Waals surface area contributed by atoms with Gasteiger partial charge in [-0.05, 0) is 67.7 Å². The van der Waals surface area contributed by atoms with Gasteiger partial charge in [0.1, 0.15) is 5.75 Å². The number of ether oxygens (including phenoxy) is 1. The van der Waals surface area contributed by atoms with Crippen LogP contribution in [-0.4, -0.2) is 12.1 Å². The molecule has 118 valence electrons. The maximum absolute atomic E-state index is 6.31. The molecule has 0 spiro atoms. The first-order valence-corrected chi connectivity index (χ1v) is 8.56. The van der Waals surface area contributed by atoms with Gasteiger partial charge in [-0.25, -0.2) is 0 Å². The molecule has 0 bridgehead atoms. The number of nitrogens with two attached hydrogens (primary N) is 1. The molecule has 1 fully saturated rings. The Morgan fingerprint density at radius 1 is 1.24 bits per heavy atom. The quantitative estimate of drug-likeness (QED) is 0.846. The van der Waals surface area contributed by atoms with Gasteiger partial charge in [0, 0.05) is 11.1 Å². The molecular weight excluding hydrogens is 282 g/mol. The summed E-state index contributed by atoms with van der Waals surface area (Å²) in [5.41, 5.74) is 7.24. The van der Waals surface area contributed by atoms with Gasteiger partial charge in [-0.1, -0.05) is 32.4 Å². The normalized spacial score (nSPS) is 27.4. The van der Waals surface area contributed by atoms with Crippen molar-refractivity contribution in [1.82, 2.24) is 0 Å². The highest BCUT2D eigenvalue weighted by molar-refractivity contribution is 6.30. The van der Waals surface area contributed by atoms with Crippen LogP contribution in [0.5, 0.6) is 5.75 Å². The summed E-state index contributed by atoms with van der Waals surface area (Å²) in [4.78, 5) is 0. The number of benzene rings is 1. The number of rotatable bonds is 5. The van der Waals surface area contributed by atoms with E-state index in [2.05, 4.69) is 20.8 Å². The van der Waals surface area contributed by atoms with E-state index in [1.54, 1.807) is 0 Å². The van der Waals surface area contributed by atoms with Crippen molar-refractivity contribution in [2.75, 3.05) is 0 Å². The summed E-state index contributed by atoms with van der Waals surface area (Å²) in [6, 6.07) is 6.08. The molecule has 2 rings (SSSR count). The zero-order valence-electron chi connectivity index (χ0n) is 13.4. The summed E-state index contributed by atoms with van der Waals surface area (Å²) in [5.74, 6) is 2.45. The molecule has 1 saturated carbocycles. The van der Waals surface area contributed by atoms with Crippen molar-refractivity contribution in [3.05, 3.63) is 28.8 Å². The van der Waals surface area contributed by atoms with E-state index < -0.39 is 0 Å². The smallest absolute Gasteiger partial charge is 0.123 e.